The maximum Gasteiger partial charge on any atom is 0.313 e. The van der Waals surface area contributed by atoms with E-state index in [0.29, 0.717) is 18.1 Å². The highest BCUT2D eigenvalue weighted by Crippen LogP contribution is 2.29. The van der Waals surface area contributed by atoms with Gasteiger partial charge in [-0.15, -0.1) is 0 Å². The molecule has 0 aliphatic heterocycles. The van der Waals surface area contributed by atoms with Crippen molar-refractivity contribution in [3.05, 3.63) is 23.8 Å². The molecule has 4 nitrogen and oxygen atoms in total. The van der Waals surface area contributed by atoms with Gasteiger partial charge < -0.3 is 14.2 Å². The number of esters is 1. The summed E-state index contributed by atoms with van der Waals surface area (Å²) in [5, 5.41) is 0. The monoisotopic (exact) mass is 266 g/mol. The molecule has 1 aromatic carbocycles. The van der Waals surface area contributed by atoms with Crippen LogP contribution in [0.1, 0.15) is 32.8 Å². The lowest BCUT2D eigenvalue weighted by Crippen LogP contribution is -2.15. The van der Waals surface area contributed by atoms with E-state index in [1.165, 1.54) is 0 Å². The Morgan fingerprint density at radius 3 is 2.58 bits per heavy atom. The molecule has 0 aliphatic rings. The van der Waals surface area contributed by atoms with Gasteiger partial charge in [0.25, 0.3) is 0 Å². The number of benzene rings is 1. The molecule has 1 rings (SSSR count). The van der Waals surface area contributed by atoms with Gasteiger partial charge in [-0.2, -0.15) is 0 Å². The topological polar surface area (TPSA) is 44.8 Å². The lowest BCUT2D eigenvalue weighted by atomic mass is 10.2. The Morgan fingerprint density at radius 1 is 1.26 bits per heavy atom. The third-order valence-corrected chi connectivity index (χ3v) is 2.53. The minimum atomic E-state index is -0.270. The summed E-state index contributed by atoms with van der Waals surface area (Å²) in [5.74, 6) is 0.553. The average molecular weight is 266 g/mol. The maximum absolute atomic E-state index is 11.6. The minimum Gasteiger partial charge on any atom is -0.493 e. The number of hydrogen-bond acceptors (Lipinski definition) is 4. The van der Waals surface area contributed by atoms with Gasteiger partial charge in [0.05, 0.1) is 19.6 Å². The SMILES string of the molecule is CCCOCc1ccc(OC(=O)C(C)C)c(OC)c1. The van der Waals surface area contributed by atoms with Gasteiger partial charge in [0.15, 0.2) is 11.5 Å². The third-order valence-electron chi connectivity index (χ3n) is 2.53. The molecule has 0 saturated heterocycles. The zero-order chi connectivity index (χ0) is 14.3. The van der Waals surface area contributed by atoms with E-state index >= 15 is 0 Å². The normalized spacial score (nSPS) is 10.6. The van der Waals surface area contributed by atoms with Crippen molar-refractivity contribution in [2.75, 3.05) is 13.7 Å². The quantitative estimate of drug-likeness (QED) is 0.432. The summed E-state index contributed by atoms with van der Waals surface area (Å²) in [6.07, 6.45) is 0.987. The van der Waals surface area contributed by atoms with Gasteiger partial charge in [-0.05, 0) is 24.1 Å². The van der Waals surface area contributed by atoms with Gasteiger partial charge in [0, 0.05) is 6.61 Å². The summed E-state index contributed by atoms with van der Waals surface area (Å²) in [7, 11) is 1.55. The van der Waals surface area contributed by atoms with E-state index in [0.717, 1.165) is 18.6 Å². The zero-order valence-corrected chi connectivity index (χ0v) is 12.1. The summed E-state index contributed by atoms with van der Waals surface area (Å²) < 4.78 is 16.0. The van der Waals surface area contributed by atoms with Crippen LogP contribution >= 0.6 is 0 Å². The van der Waals surface area contributed by atoms with Crippen LogP contribution in [0.4, 0.5) is 0 Å². The Labute approximate surface area is 114 Å². The highest BCUT2D eigenvalue weighted by atomic mass is 16.6. The average Bonchev–Trinajstić information content (AvgIpc) is 2.40. The van der Waals surface area contributed by atoms with Crippen LogP contribution in [0.15, 0.2) is 18.2 Å². The second kappa shape index (κ2) is 7.79. The molecule has 1 aromatic rings. The van der Waals surface area contributed by atoms with Crippen molar-refractivity contribution in [2.24, 2.45) is 5.92 Å². The summed E-state index contributed by atoms with van der Waals surface area (Å²) in [4.78, 5) is 11.6. The molecular weight excluding hydrogens is 244 g/mol. The number of hydrogen-bond donors (Lipinski definition) is 0. The molecular formula is C15H22O4. The highest BCUT2D eigenvalue weighted by Gasteiger charge is 2.13. The van der Waals surface area contributed by atoms with Crippen LogP contribution in [0.2, 0.25) is 0 Å². The van der Waals surface area contributed by atoms with Crippen molar-refractivity contribution in [3.63, 3.8) is 0 Å². The Balaban J connectivity index is 2.75. The minimum absolute atomic E-state index is 0.169. The number of rotatable bonds is 7. The smallest absolute Gasteiger partial charge is 0.313 e. The molecule has 19 heavy (non-hydrogen) atoms. The fourth-order valence-corrected chi connectivity index (χ4v) is 1.45. The summed E-state index contributed by atoms with van der Waals surface area (Å²) in [5.41, 5.74) is 0.995. The first-order chi connectivity index (χ1) is 9.08. The van der Waals surface area contributed by atoms with Crippen LogP contribution in [0, 0.1) is 5.92 Å². The molecule has 0 saturated carbocycles. The molecule has 0 aliphatic carbocycles. The predicted octanol–water partition coefficient (Wildman–Crippen LogP) is 3.18. The Kier molecular flexibility index (Phi) is 6.36. The molecule has 0 fully saturated rings. The number of carbonyl (C=O) groups excluding carboxylic acids is 1. The van der Waals surface area contributed by atoms with Crippen molar-refractivity contribution < 1.29 is 19.0 Å². The molecule has 0 aromatic heterocycles. The molecule has 4 heteroatoms. The molecule has 0 atom stereocenters. The van der Waals surface area contributed by atoms with Crippen molar-refractivity contribution in [3.8, 4) is 11.5 Å². The number of carbonyl (C=O) groups is 1. The van der Waals surface area contributed by atoms with Crippen LogP contribution in [0.25, 0.3) is 0 Å². The largest absolute Gasteiger partial charge is 0.493 e. The van der Waals surface area contributed by atoms with Crippen molar-refractivity contribution in [1.82, 2.24) is 0 Å². The highest BCUT2D eigenvalue weighted by molar-refractivity contribution is 5.75. The zero-order valence-electron chi connectivity index (χ0n) is 12.1. The van der Waals surface area contributed by atoms with Crippen LogP contribution in [0.5, 0.6) is 11.5 Å². The first kappa shape index (κ1) is 15.5. The summed E-state index contributed by atoms with van der Waals surface area (Å²) in [6, 6.07) is 5.45. The van der Waals surface area contributed by atoms with E-state index in [-0.39, 0.29) is 11.9 Å². The summed E-state index contributed by atoms with van der Waals surface area (Å²) in [6.45, 7) is 6.91. The van der Waals surface area contributed by atoms with Crippen molar-refractivity contribution in [2.45, 2.75) is 33.8 Å². The predicted molar refractivity (Wildman–Crippen MR) is 73.4 cm³/mol. The Hall–Kier alpha value is -1.55. The fourth-order valence-electron chi connectivity index (χ4n) is 1.45. The molecule has 0 spiro atoms. The lowest BCUT2D eigenvalue weighted by molar-refractivity contribution is -0.137. The van der Waals surface area contributed by atoms with Crippen molar-refractivity contribution >= 4 is 5.97 Å². The number of methoxy groups -OCH3 is 1. The first-order valence-corrected chi connectivity index (χ1v) is 6.54. The van der Waals surface area contributed by atoms with Gasteiger partial charge in [-0.25, -0.2) is 0 Å². The van der Waals surface area contributed by atoms with Crippen LogP contribution < -0.4 is 9.47 Å². The van der Waals surface area contributed by atoms with Gasteiger partial charge in [0.2, 0.25) is 0 Å². The Bertz CT molecular complexity index is 413. The van der Waals surface area contributed by atoms with E-state index in [1.54, 1.807) is 27.0 Å². The van der Waals surface area contributed by atoms with E-state index < -0.39 is 0 Å². The standard InChI is InChI=1S/C15H22O4/c1-5-8-18-10-12-6-7-13(14(9-12)17-4)19-15(16)11(2)3/h6-7,9,11H,5,8,10H2,1-4H3. The van der Waals surface area contributed by atoms with E-state index in [1.807, 2.05) is 12.1 Å². The van der Waals surface area contributed by atoms with Gasteiger partial charge in [-0.3, -0.25) is 4.79 Å². The molecule has 0 N–H and O–H groups in total. The van der Waals surface area contributed by atoms with Gasteiger partial charge in [0.1, 0.15) is 0 Å². The molecule has 0 bridgehead atoms. The second-order valence-electron chi connectivity index (χ2n) is 4.61. The molecule has 0 amide bonds. The fraction of sp³-hybridized carbons (Fsp3) is 0.533. The van der Waals surface area contributed by atoms with E-state index in [2.05, 4.69) is 6.92 Å². The van der Waals surface area contributed by atoms with Crippen LogP contribution in [0.3, 0.4) is 0 Å². The van der Waals surface area contributed by atoms with Crippen LogP contribution in [-0.2, 0) is 16.1 Å². The molecule has 0 radical (unpaired) electrons. The lowest BCUT2D eigenvalue weighted by Gasteiger charge is -2.12. The summed E-state index contributed by atoms with van der Waals surface area (Å²) >= 11 is 0. The Morgan fingerprint density at radius 2 is 2.00 bits per heavy atom. The molecule has 106 valence electrons. The van der Waals surface area contributed by atoms with Gasteiger partial charge >= 0.3 is 5.97 Å². The third kappa shape index (κ3) is 4.91. The van der Waals surface area contributed by atoms with Gasteiger partial charge in [-0.1, -0.05) is 26.8 Å². The molecule has 0 heterocycles. The van der Waals surface area contributed by atoms with E-state index in [4.69, 9.17) is 14.2 Å². The second-order valence-corrected chi connectivity index (χ2v) is 4.61. The first-order valence-electron chi connectivity index (χ1n) is 6.54. The molecule has 0 unspecified atom stereocenters. The van der Waals surface area contributed by atoms with Crippen molar-refractivity contribution in [1.29, 1.82) is 0 Å². The van der Waals surface area contributed by atoms with Crippen LogP contribution in [-0.4, -0.2) is 19.7 Å². The van der Waals surface area contributed by atoms with E-state index in [9.17, 15) is 4.79 Å². The number of ether oxygens (including phenoxy) is 3. The maximum atomic E-state index is 11.6.